The maximum atomic E-state index is 13.3. The van der Waals surface area contributed by atoms with Crippen LogP contribution < -0.4 is 5.32 Å². The van der Waals surface area contributed by atoms with Crippen molar-refractivity contribution in [1.82, 2.24) is 29.9 Å². The molecular weight excluding hydrogens is 408 g/mol. The summed E-state index contributed by atoms with van der Waals surface area (Å²) in [4.78, 5) is 42.2. The number of rotatable bonds is 4. The van der Waals surface area contributed by atoms with Gasteiger partial charge in [0.05, 0.1) is 6.04 Å². The van der Waals surface area contributed by atoms with Gasteiger partial charge in [0.2, 0.25) is 5.91 Å². The van der Waals surface area contributed by atoms with Gasteiger partial charge in [-0.1, -0.05) is 19.8 Å². The van der Waals surface area contributed by atoms with Crippen LogP contribution in [0.25, 0.3) is 0 Å². The standard InChI is InChI=1S/C23H34N6O3/c1-2-16-9-11-23(12-10-16)21(31)29(22(32)24-23)15-19(30)27-14-6-7-17(27)20-26-25-18-8-4-3-5-13-28(18)20/h16-17H,2-15H2,1H3,(H,24,32). The number of hydrogen-bond donors (Lipinski definition) is 1. The van der Waals surface area contributed by atoms with Crippen LogP contribution in [0.5, 0.6) is 0 Å². The quantitative estimate of drug-likeness (QED) is 0.723. The second-order valence-electron chi connectivity index (χ2n) is 9.94. The summed E-state index contributed by atoms with van der Waals surface area (Å²) in [5.41, 5.74) is -0.808. The van der Waals surface area contributed by atoms with Gasteiger partial charge in [0.25, 0.3) is 5.91 Å². The van der Waals surface area contributed by atoms with Crippen molar-refractivity contribution in [1.29, 1.82) is 0 Å². The third-order valence-electron chi connectivity index (χ3n) is 8.08. The van der Waals surface area contributed by atoms with Gasteiger partial charge in [0.1, 0.15) is 17.9 Å². The third-order valence-corrected chi connectivity index (χ3v) is 8.08. The molecule has 174 valence electrons. The molecule has 32 heavy (non-hydrogen) atoms. The van der Waals surface area contributed by atoms with Gasteiger partial charge in [-0.05, 0) is 57.3 Å². The lowest BCUT2D eigenvalue weighted by Crippen LogP contribution is -2.50. The van der Waals surface area contributed by atoms with E-state index >= 15 is 0 Å². The highest BCUT2D eigenvalue weighted by Crippen LogP contribution is 2.38. The highest BCUT2D eigenvalue weighted by Gasteiger charge is 2.53. The summed E-state index contributed by atoms with van der Waals surface area (Å²) in [5, 5.41) is 11.8. The molecule has 1 aromatic rings. The molecule has 5 rings (SSSR count). The summed E-state index contributed by atoms with van der Waals surface area (Å²) in [6, 6.07) is -0.554. The molecule has 1 atom stereocenters. The molecule has 4 amide bonds. The van der Waals surface area contributed by atoms with Crippen molar-refractivity contribution in [3.63, 3.8) is 0 Å². The monoisotopic (exact) mass is 442 g/mol. The number of carbonyl (C=O) groups excluding carboxylic acids is 3. The summed E-state index contributed by atoms with van der Waals surface area (Å²) in [6.45, 7) is 3.49. The van der Waals surface area contributed by atoms with E-state index in [4.69, 9.17) is 0 Å². The third kappa shape index (κ3) is 3.59. The van der Waals surface area contributed by atoms with Crippen molar-refractivity contribution < 1.29 is 14.4 Å². The zero-order valence-corrected chi connectivity index (χ0v) is 19.0. The highest BCUT2D eigenvalue weighted by molar-refractivity contribution is 6.09. The van der Waals surface area contributed by atoms with Crippen LogP contribution in [0.3, 0.4) is 0 Å². The summed E-state index contributed by atoms with van der Waals surface area (Å²) in [6.07, 6.45) is 10.4. The van der Waals surface area contributed by atoms with E-state index in [1.54, 1.807) is 0 Å². The number of amides is 4. The van der Waals surface area contributed by atoms with Gasteiger partial charge >= 0.3 is 6.03 Å². The molecule has 0 radical (unpaired) electrons. The van der Waals surface area contributed by atoms with Gasteiger partial charge in [-0.3, -0.25) is 14.5 Å². The van der Waals surface area contributed by atoms with Gasteiger partial charge in [-0.15, -0.1) is 10.2 Å². The van der Waals surface area contributed by atoms with E-state index in [1.165, 1.54) is 6.42 Å². The normalized spacial score (nSPS) is 30.5. The number of urea groups is 1. The van der Waals surface area contributed by atoms with Crippen LogP contribution in [-0.2, 0) is 22.6 Å². The van der Waals surface area contributed by atoms with Crippen LogP contribution in [0.1, 0.15) is 88.8 Å². The second-order valence-corrected chi connectivity index (χ2v) is 9.94. The number of nitrogens with zero attached hydrogens (tertiary/aromatic N) is 5. The van der Waals surface area contributed by atoms with E-state index in [2.05, 4.69) is 27.0 Å². The molecule has 1 N–H and O–H groups in total. The number of aromatic nitrogens is 3. The van der Waals surface area contributed by atoms with Crippen LogP contribution in [0.4, 0.5) is 4.79 Å². The van der Waals surface area contributed by atoms with Crippen LogP contribution in [0.15, 0.2) is 0 Å². The fraction of sp³-hybridized carbons (Fsp3) is 0.783. The van der Waals surface area contributed by atoms with E-state index in [0.29, 0.717) is 25.3 Å². The predicted octanol–water partition coefficient (Wildman–Crippen LogP) is 2.56. The summed E-state index contributed by atoms with van der Waals surface area (Å²) < 4.78 is 2.19. The van der Waals surface area contributed by atoms with Gasteiger partial charge in [0.15, 0.2) is 5.82 Å². The van der Waals surface area contributed by atoms with Crippen molar-refractivity contribution in [2.75, 3.05) is 13.1 Å². The fourth-order valence-electron chi connectivity index (χ4n) is 6.05. The van der Waals surface area contributed by atoms with Crippen molar-refractivity contribution in [2.24, 2.45) is 5.92 Å². The first kappa shape index (κ1) is 21.4. The number of fused-ring (bicyclic) bond motifs is 1. The number of carbonyl (C=O) groups is 3. The molecule has 4 heterocycles. The Balaban J connectivity index is 1.29. The fourth-order valence-corrected chi connectivity index (χ4v) is 6.05. The van der Waals surface area contributed by atoms with E-state index in [-0.39, 0.29) is 24.4 Å². The predicted molar refractivity (Wildman–Crippen MR) is 116 cm³/mol. The van der Waals surface area contributed by atoms with Crippen molar-refractivity contribution in [3.8, 4) is 0 Å². The molecule has 1 aromatic heterocycles. The molecule has 9 heteroatoms. The highest BCUT2D eigenvalue weighted by atomic mass is 16.2. The number of hydrogen-bond acceptors (Lipinski definition) is 5. The zero-order chi connectivity index (χ0) is 22.3. The molecule has 0 aromatic carbocycles. The maximum absolute atomic E-state index is 13.3. The molecule has 9 nitrogen and oxygen atoms in total. The van der Waals surface area contributed by atoms with Crippen molar-refractivity contribution in [2.45, 2.75) is 95.7 Å². The molecule has 1 saturated carbocycles. The summed E-state index contributed by atoms with van der Waals surface area (Å²) in [5.74, 6) is 2.08. The van der Waals surface area contributed by atoms with E-state index < -0.39 is 11.6 Å². The average Bonchev–Trinajstić information content (AvgIpc) is 3.43. The molecule has 3 fully saturated rings. The minimum atomic E-state index is -0.808. The molecule has 1 aliphatic carbocycles. The van der Waals surface area contributed by atoms with E-state index in [1.807, 2.05) is 4.90 Å². The Morgan fingerprint density at radius 1 is 1.06 bits per heavy atom. The maximum Gasteiger partial charge on any atom is 0.325 e. The Kier molecular flexibility index (Phi) is 5.67. The topological polar surface area (TPSA) is 100 Å². The first-order valence-corrected chi connectivity index (χ1v) is 12.4. The van der Waals surface area contributed by atoms with Crippen molar-refractivity contribution >= 4 is 17.8 Å². The average molecular weight is 443 g/mol. The molecule has 1 unspecified atom stereocenters. The van der Waals surface area contributed by atoms with Gasteiger partial charge < -0.3 is 14.8 Å². The smallest absolute Gasteiger partial charge is 0.325 e. The number of imide groups is 1. The van der Waals surface area contributed by atoms with Crippen LogP contribution in [0, 0.1) is 5.92 Å². The van der Waals surface area contributed by atoms with Gasteiger partial charge in [-0.2, -0.15) is 0 Å². The molecule has 2 saturated heterocycles. The number of aryl methyl sites for hydroxylation is 1. The Hall–Kier alpha value is -2.45. The van der Waals surface area contributed by atoms with E-state index in [0.717, 1.165) is 74.5 Å². The molecule has 4 aliphatic rings. The Morgan fingerprint density at radius 3 is 2.66 bits per heavy atom. The SMILES string of the molecule is CCC1CCC2(CC1)NC(=O)N(CC(=O)N1CCCC1c1nnc3n1CCCCC3)C2=O. The lowest BCUT2D eigenvalue weighted by atomic mass is 9.75. The second kappa shape index (κ2) is 8.48. The Morgan fingerprint density at radius 2 is 1.88 bits per heavy atom. The largest absolute Gasteiger partial charge is 0.331 e. The Labute approximate surface area is 188 Å². The Bertz CT molecular complexity index is 904. The minimum Gasteiger partial charge on any atom is -0.331 e. The van der Waals surface area contributed by atoms with Crippen LogP contribution in [0.2, 0.25) is 0 Å². The van der Waals surface area contributed by atoms with Crippen LogP contribution in [-0.4, -0.2) is 61.0 Å². The van der Waals surface area contributed by atoms with Crippen molar-refractivity contribution in [3.05, 3.63) is 11.6 Å². The molecule has 3 aliphatic heterocycles. The minimum absolute atomic E-state index is 0.128. The lowest BCUT2D eigenvalue weighted by molar-refractivity contribution is -0.140. The zero-order valence-electron chi connectivity index (χ0n) is 19.0. The summed E-state index contributed by atoms with van der Waals surface area (Å²) >= 11 is 0. The number of likely N-dealkylation sites (tertiary alicyclic amines) is 1. The first-order valence-electron chi connectivity index (χ1n) is 12.4. The van der Waals surface area contributed by atoms with Gasteiger partial charge in [-0.25, -0.2) is 4.79 Å². The summed E-state index contributed by atoms with van der Waals surface area (Å²) in [7, 11) is 0. The molecule has 1 spiro atoms. The molecular formula is C23H34N6O3. The lowest BCUT2D eigenvalue weighted by Gasteiger charge is -2.34. The number of nitrogens with one attached hydrogen (secondary N) is 1. The van der Waals surface area contributed by atoms with Gasteiger partial charge in [0, 0.05) is 19.5 Å². The van der Waals surface area contributed by atoms with Crippen LogP contribution >= 0.6 is 0 Å². The first-order chi connectivity index (χ1) is 15.5. The molecule has 0 bridgehead atoms. The van der Waals surface area contributed by atoms with E-state index in [9.17, 15) is 14.4 Å².